The van der Waals surface area contributed by atoms with Gasteiger partial charge in [-0.1, -0.05) is 0 Å². The van der Waals surface area contributed by atoms with Crippen LogP contribution in [0.2, 0.25) is 0 Å². The Morgan fingerprint density at radius 1 is 1.12 bits per heavy atom. The molecular formula is C28H26F4N4O4. The van der Waals surface area contributed by atoms with E-state index in [0.29, 0.717) is 10.9 Å². The maximum Gasteiger partial charge on any atom is 0.424 e. The molecule has 2 aromatic carbocycles. The Morgan fingerprint density at radius 2 is 1.82 bits per heavy atom. The summed E-state index contributed by atoms with van der Waals surface area (Å²) in [6, 6.07) is 10.3. The zero-order valence-corrected chi connectivity index (χ0v) is 21.5. The number of aromatic amines is 1. The van der Waals surface area contributed by atoms with Crippen molar-refractivity contribution in [3.05, 3.63) is 82.9 Å². The van der Waals surface area contributed by atoms with Crippen molar-refractivity contribution in [2.75, 3.05) is 13.2 Å². The summed E-state index contributed by atoms with van der Waals surface area (Å²) in [5, 5.41) is 13.9. The average Bonchev–Trinajstić information content (AvgIpc) is 3.37. The zero-order valence-electron chi connectivity index (χ0n) is 21.5. The highest BCUT2D eigenvalue weighted by atomic mass is 19.4. The maximum atomic E-state index is 14.5. The van der Waals surface area contributed by atoms with Gasteiger partial charge in [0.2, 0.25) is 11.5 Å². The van der Waals surface area contributed by atoms with Crippen LogP contribution in [-0.4, -0.2) is 46.2 Å². The van der Waals surface area contributed by atoms with Crippen molar-refractivity contribution in [3.63, 3.8) is 0 Å². The molecule has 0 bridgehead atoms. The lowest BCUT2D eigenvalue weighted by molar-refractivity contribution is -0.265. The van der Waals surface area contributed by atoms with Gasteiger partial charge in [0.05, 0.1) is 25.3 Å². The zero-order chi connectivity index (χ0) is 29.2. The van der Waals surface area contributed by atoms with Crippen molar-refractivity contribution in [3.8, 4) is 17.0 Å². The van der Waals surface area contributed by atoms with Gasteiger partial charge in [-0.2, -0.15) is 13.2 Å². The number of amides is 2. The van der Waals surface area contributed by atoms with Crippen LogP contribution in [-0.2, 0) is 16.8 Å². The largest absolute Gasteiger partial charge is 0.491 e. The van der Waals surface area contributed by atoms with Gasteiger partial charge in [-0.25, -0.2) is 9.37 Å². The van der Waals surface area contributed by atoms with E-state index in [9.17, 15) is 32.3 Å². The molecule has 40 heavy (non-hydrogen) atoms. The van der Waals surface area contributed by atoms with Crippen LogP contribution in [0, 0.1) is 12.7 Å². The number of nitrogens with one attached hydrogen (secondary N) is 2. The van der Waals surface area contributed by atoms with E-state index in [4.69, 9.17) is 10.5 Å². The summed E-state index contributed by atoms with van der Waals surface area (Å²) in [7, 11) is 0. The molecule has 12 heteroatoms. The molecule has 210 valence electrons. The average molecular weight is 559 g/mol. The fourth-order valence-corrected chi connectivity index (χ4v) is 4.36. The van der Waals surface area contributed by atoms with E-state index < -0.39 is 48.1 Å². The summed E-state index contributed by atoms with van der Waals surface area (Å²) in [6.07, 6.45) is -4.18. The van der Waals surface area contributed by atoms with Crippen molar-refractivity contribution in [1.82, 2.24) is 15.3 Å². The Labute approximate surface area is 226 Å². The molecule has 0 spiro atoms. The van der Waals surface area contributed by atoms with Gasteiger partial charge < -0.3 is 25.9 Å². The number of aliphatic hydroxyl groups is 1. The molecule has 1 atom stereocenters. The van der Waals surface area contributed by atoms with E-state index in [-0.39, 0.29) is 34.7 Å². The second-order valence-corrected chi connectivity index (χ2v) is 9.20. The van der Waals surface area contributed by atoms with E-state index in [0.717, 1.165) is 23.7 Å². The predicted molar refractivity (Wildman–Crippen MR) is 139 cm³/mol. The van der Waals surface area contributed by atoms with Crippen molar-refractivity contribution in [2.24, 2.45) is 5.73 Å². The first-order valence-electron chi connectivity index (χ1n) is 12.2. The lowest BCUT2D eigenvalue weighted by Crippen LogP contribution is -2.51. The Balaban J connectivity index is 1.80. The highest BCUT2D eigenvalue weighted by molar-refractivity contribution is 5.99. The molecule has 0 aliphatic heterocycles. The summed E-state index contributed by atoms with van der Waals surface area (Å²) in [6.45, 7) is 2.12. The van der Waals surface area contributed by atoms with Gasteiger partial charge in [-0.05, 0) is 67.9 Å². The molecule has 2 aromatic heterocycles. The molecule has 0 radical (unpaired) electrons. The van der Waals surface area contributed by atoms with Crippen LogP contribution in [0.15, 0.2) is 54.7 Å². The summed E-state index contributed by atoms with van der Waals surface area (Å²) < 4.78 is 62.7. The van der Waals surface area contributed by atoms with Crippen LogP contribution in [0.1, 0.15) is 34.1 Å². The van der Waals surface area contributed by atoms with E-state index >= 15 is 0 Å². The molecule has 8 nitrogen and oxygen atoms in total. The molecule has 0 fully saturated rings. The Bertz CT molecular complexity index is 1570. The highest BCUT2D eigenvalue weighted by Crippen LogP contribution is 2.42. The Kier molecular flexibility index (Phi) is 7.83. The SMILES string of the molecule is CCOc1c(CC(N)=O)cc([C@@](O)(CNC(=O)c2cc(C)c3[nH]ccc3c2)C(F)(F)F)nc1-c1ccc(F)cc1. The van der Waals surface area contributed by atoms with Gasteiger partial charge >= 0.3 is 6.18 Å². The van der Waals surface area contributed by atoms with Crippen molar-refractivity contribution in [1.29, 1.82) is 0 Å². The Morgan fingerprint density at radius 3 is 2.45 bits per heavy atom. The van der Waals surface area contributed by atoms with E-state index in [1.54, 1.807) is 26.1 Å². The number of nitrogens with two attached hydrogens (primary N) is 1. The molecule has 5 N–H and O–H groups in total. The Hall–Kier alpha value is -4.45. The van der Waals surface area contributed by atoms with Gasteiger partial charge in [0, 0.05) is 33.8 Å². The van der Waals surface area contributed by atoms with Crippen LogP contribution < -0.4 is 15.8 Å². The number of ether oxygens (including phenoxy) is 1. The number of hydrogen-bond acceptors (Lipinski definition) is 5. The number of pyridine rings is 1. The second-order valence-electron chi connectivity index (χ2n) is 9.20. The van der Waals surface area contributed by atoms with Gasteiger partial charge in [-0.3, -0.25) is 9.59 Å². The van der Waals surface area contributed by atoms with E-state index in [1.165, 1.54) is 24.3 Å². The number of nitrogens with zero attached hydrogens (tertiary/aromatic N) is 1. The summed E-state index contributed by atoms with van der Waals surface area (Å²) in [5.41, 5.74) is 2.26. The topological polar surface area (TPSA) is 130 Å². The molecule has 2 heterocycles. The lowest BCUT2D eigenvalue weighted by Gasteiger charge is -2.31. The number of aromatic nitrogens is 2. The predicted octanol–water partition coefficient (Wildman–Crippen LogP) is 4.28. The fourth-order valence-electron chi connectivity index (χ4n) is 4.36. The van der Waals surface area contributed by atoms with Crippen LogP contribution >= 0.6 is 0 Å². The number of aryl methyl sites for hydroxylation is 1. The summed E-state index contributed by atoms with van der Waals surface area (Å²) in [5.74, 6) is -2.36. The molecule has 0 aliphatic carbocycles. The highest BCUT2D eigenvalue weighted by Gasteiger charge is 2.56. The summed E-state index contributed by atoms with van der Waals surface area (Å²) >= 11 is 0. The van der Waals surface area contributed by atoms with Gasteiger partial charge in [-0.15, -0.1) is 0 Å². The minimum absolute atomic E-state index is 0.0412. The van der Waals surface area contributed by atoms with Crippen LogP contribution in [0.5, 0.6) is 5.75 Å². The smallest absolute Gasteiger partial charge is 0.424 e. The third kappa shape index (κ3) is 5.62. The molecule has 2 amide bonds. The number of H-pyrrole nitrogens is 1. The maximum absolute atomic E-state index is 14.5. The molecule has 0 saturated heterocycles. The lowest BCUT2D eigenvalue weighted by atomic mass is 9.93. The van der Waals surface area contributed by atoms with Gasteiger partial charge in [0.1, 0.15) is 17.3 Å². The van der Waals surface area contributed by atoms with Gasteiger partial charge in [0.25, 0.3) is 5.91 Å². The van der Waals surface area contributed by atoms with E-state index in [2.05, 4.69) is 15.3 Å². The van der Waals surface area contributed by atoms with Crippen LogP contribution in [0.3, 0.4) is 0 Å². The summed E-state index contributed by atoms with van der Waals surface area (Å²) in [4.78, 5) is 31.8. The molecule has 4 aromatic rings. The first-order valence-corrected chi connectivity index (χ1v) is 12.2. The van der Waals surface area contributed by atoms with Crippen LogP contribution in [0.4, 0.5) is 17.6 Å². The van der Waals surface area contributed by atoms with Crippen molar-refractivity contribution < 1.29 is 37.0 Å². The number of rotatable bonds is 9. The number of fused-ring (bicyclic) bond motifs is 1. The molecule has 4 rings (SSSR count). The van der Waals surface area contributed by atoms with Gasteiger partial charge in [0.15, 0.2) is 0 Å². The molecule has 0 unspecified atom stereocenters. The fraction of sp³-hybridized carbons (Fsp3) is 0.250. The number of benzene rings is 2. The number of hydrogen-bond donors (Lipinski definition) is 4. The standard InChI is InChI=1S/C28H26F4N4O4/c1-3-40-25-18(13-22(33)37)12-21(36-24(25)16-4-6-20(29)7-5-16)27(39,28(30,31)32)14-35-26(38)19-10-15(2)23-17(11-19)8-9-34-23/h4-12,34,39H,3,13-14H2,1-2H3,(H2,33,37)(H,35,38)/t27-/m0/s1. The minimum Gasteiger partial charge on any atom is -0.491 e. The first-order chi connectivity index (χ1) is 18.8. The monoisotopic (exact) mass is 558 g/mol. The molecular weight excluding hydrogens is 532 g/mol. The van der Waals surface area contributed by atoms with Crippen LogP contribution in [0.25, 0.3) is 22.2 Å². The number of halogens is 4. The second kappa shape index (κ2) is 11.0. The number of carbonyl (C=O) groups is 2. The normalized spacial score (nSPS) is 13.2. The molecule has 0 saturated carbocycles. The third-order valence-corrected chi connectivity index (χ3v) is 6.34. The first kappa shape index (κ1) is 28.6. The number of carbonyl (C=O) groups excluding carboxylic acids is 2. The van der Waals surface area contributed by atoms with Crippen molar-refractivity contribution >= 4 is 22.7 Å². The number of primary amides is 1. The molecule has 0 aliphatic rings. The van der Waals surface area contributed by atoms with E-state index in [1.807, 2.05) is 0 Å². The minimum atomic E-state index is -5.31. The quantitative estimate of drug-likeness (QED) is 0.228. The van der Waals surface area contributed by atoms with Crippen molar-refractivity contribution in [2.45, 2.75) is 32.0 Å². The third-order valence-electron chi connectivity index (χ3n) is 6.34. The number of alkyl halides is 3.